The van der Waals surface area contributed by atoms with E-state index in [4.69, 9.17) is 4.74 Å². The summed E-state index contributed by atoms with van der Waals surface area (Å²) in [6.45, 7) is -0.389. The second kappa shape index (κ2) is 8.79. The molecule has 154 valence electrons. The van der Waals surface area contributed by atoms with Crippen molar-refractivity contribution >= 4 is 28.7 Å². The number of ether oxygens (including phenoxy) is 1. The number of aryl methyl sites for hydroxylation is 1. The molecule has 0 bridgehead atoms. The monoisotopic (exact) mass is 413 g/mol. The van der Waals surface area contributed by atoms with Crippen LogP contribution in [0.15, 0.2) is 84.9 Å². The number of hydrogen-bond donors (Lipinski definition) is 0. The summed E-state index contributed by atoms with van der Waals surface area (Å²) in [4.78, 5) is 25.2. The number of Topliss-reactive ketones (excluding diaryl/α,β-unsaturated/α-hetero) is 1. The van der Waals surface area contributed by atoms with Gasteiger partial charge < -0.3 is 9.30 Å². The van der Waals surface area contributed by atoms with Gasteiger partial charge in [-0.3, -0.25) is 4.79 Å². The van der Waals surface area contributed by atoms with Crippen molar-refractivity contribution in [2.45, 2.75) is 0 Å². The summed E-state index contributed by atoms with van der Waals surface area (Å²) in [6.07, 6.45) is 2.63. The summed E-state index contributed by atoms with van der Waals surface area (Å²) < 4.78 is 20.4. The number of halogens is 1. The molecule has 0 saturated heterocycles. The molecule has 4 aromatic rings. The molecule has 0 aliphatic carbocycles. The largest absolute Gasteiger partial charge is 0.454 e. The van der Waals surface area contributed by atoms with E-state index < -0.39 is 11.8 Å². The Morgan fingerprint density at radius 3 is 2.48 bits per heavy atom. The van der Waals surface area contributed by atoms with Crippen LogP contribution in [0.1, 0.15) is 15.9 Å². The van der Waals surface area contributed by atoms with Crippen LogP contribution in [0.5, 0.6) is 0 Å². The van der Waals surface area contributed by atoms with Gasteiger partial charge in [-0.15, -0.1) is 0 Å². The standard InChI is InChI=1S/C26H20FNO3/c1-28-22-13-6-5-12-21(22)25(26(28)19-9-3-2-4-10-19)23(29)17-31-24(30)15-14-18-8-7-11-20(27)16-18/h2-16H,17H2,1H3/b15-14+. The Kier molecular flexibility index (Phi) is 5.76. The number of benzene rings is 3. The van der Waals surface area contributed by atoms with Gasteiger partial charge in [-0.1, -0.05) is 60.7 Å². The number of carbonyl (C=O) groups excluding carboxylic acids is 2. The third kappa shape index (κ3) is 4.31. The predicted octanol–water partition coefficient (Wildman–Crippen LogP) is 5.42. The average molecular weight is 413 g/mol. The van der Waals surface area contributed by atoms with Gasteiger partial charge in [-0.25, -0.2) is 9.18 Å². The summed E-state index contributed by atoms with van der Waals surface area (Å²) in [5.41, 5.74) is 3.65. The van der Waals surface area contributed by atoms with Crippen molar-refractivity contribution in [1.82, 2.24) is 4.57 Å². The maximum absolute atomic E-state index is 13.2. The zero-order valence-electron chi connectivity index (χ0n) is 16.9. The van der Waals surface area contributed by atoms with Gasteiger partial charge in [0, 0.05) is 24.0 Å². The minimum Gasteiger partial charge on any atom is -0.454 e. The minimum absolute atomic E-state index is 0.289. The fourth-order valence-corrected chi connectivity index (χ4v) is 3.64. The maximum Gasteiger partial charge on any atom is 0.331 e. The predicted molar refractivity (Wildman–Crippen MR) is 119 cm³/mol. The summed E-state index contributed by atoms with van der Waals surface area (Å²) in [5.74, 6) is -1.35. The number of para-hydroxylation sites is 1. The molecule has 1 heterocycles. The quantitative estimate of drug-likeness (QED) is 0.241. The molecule has 0 aliphatic rings. The van der Waals surface area contributed by atoms with E-state index in [1.54, 1.807) is 12.1 Å². The van der Waals surface area contributed by atoms with E-state index in [1.165, 1.54) is 24.3 Å². The van der Waals surface area contributed by atoms with Gasteiger partial charge in [-0.05, 0) is 35.4 Å². The number of rotatable bonds is 6. The summed E-state index contributed by atoms with van der Waals surface area (Å²) >= 11 is 0. The van der Waals surface area contributed by atoms with Crippen LogP contribution in [0.2, 0.25) is 0 Å². The Morgan fingerprint density at radius 2 is 1.71 bits per heavy atom. The Balaban J connectivity index is 1.59. The molecule has 4 nitrogen and oxygen atoms in total. The van der Waals surface area contributed by atoms with Crippen molar-refractivity contribution in [2.24, 2.45) is 7.05 Å². The van der Waals surface area contributed by atoms with E-state index in [1.807, 2.05) is 66.2 Å². The second-order valence-corrected chi connectivity index (χ2v) is 7.09. The molecule has 31 heavy (non-hydrogen) atoms. The van der Waals surface area contributed by atoms with Gasteiger partial charge in [0.2, 0.25) is 5.78 Å². The molecule has 0 N–H and O–H groups in total. The van der Waals surface area contributed by atoms with Crippen LogP contribution in [0.3, 0.4) is 0 Å². The fourth-order valence-electron chi connectivity index (χ4n) is 3.64. The maximum atomic E-state index is 13.2. The van der Waals surface area contributed by atoms with Crippen molar-refractivity contribution in [1.29, 1.82) is 0 Å². The molecule has 4 rings (SSSR count). The molecule has 0 saturated carbocycles. The average Bonchev–Trinajstić information content (AvgIpc) is 3.09. The van der Waals surface area contributed by atoms with Crippen LogP contribution < -0.4 is 0 Å². The highest BCUT2D eigenvalue weighted by Gasteiger charge is 2.22. The van der Waals surface area contributed by atoms with Gasteiger partial charge in [-0.2, -0.15) is 0 Å². The van der Waals surface area contributed by atoms with Crippen molar-refractivity contribution in [3.05, 3.63) is 102 Å². The second-order valence-electron chi connectivity index (χ2n) is 7.09. The third-order valence-electron chi connectivity index (χ3n) is 5.04. The van der Waals surface area contributed by atoms with E-state index in [-0.39, 0.29) is 12.4 Å². The molecule has 3 aromatic carbocycles. The van der Waals surface area contributed by atoms with Crippen LogP contribution in [-0.4, -0.2) is 22.9 Å². The third-order valence-corrected chi connectivity index (χ3v) is 5.04. The highest BCUT2D eigenvalue weighted by Crippen LogP contribution is 2.33. The van der Waals surface area contributed by atoms with Crippen molar-refractivity contribution < 1.29 is 18.7 Å². The van der Waals surface area contributed by atoms with E-state index in [2.05, 4.69) is 0 Å². The van der Waals surface area contributed by atoms with Crippen LogP contribution in [-0.2, 0) is 16.6 Å². The molecule has 1 aromatic heterocycles. The lowest BCUT2D eigenvalue weighted by molar-refractivity contribution is -0.136. The first-order valence-corrected chi connectivity index (χ1v) is 9.81. The molecule has 0 atom stereocenters. The molecule has 0 amide bonds. The topological polar surface area (TPSA) is 48.3 Å². The van der Waals surface area contributed by atoms with Crippen molar-refractivity contribution in [2.75, 3.05) is 6.61 Å². The minimum atomic E-state index is -0.667. The van der Waals surface area contributed by atoms with Gasteiger partial charge in [0.05, 0.1) is 11.3 Å². The number of esters is 1. The molecule has 0 unspecified atom stereocenters. The van der Waals surface area contributed by atoms with Gasteiger partial charge >= 0.3 is 5.97 Å². The number of carbonyl (C=O) groups is 2. The van der Waals surface area contributed by atoms with E-state index >= 15 is 0 Å². The normalized spacial score (nSPS) is 11.2. The van der Waals surface area contributed by atoms with Crippen LogP contribution >= 0.6 is 0 Å². The first-order chi connectivity index (χ1) is 15.0. The number of ketones is 1. The lowest BCUT2D eigenvalue weighted by Crippen LogP contribution is -2.13. The molecular formula is C26H20FNO3. The summed E-state index contributed by atoms with van der Waals surface area (Å²) in [6, 6.07) is 23.1. The van der Waals surface area contributed by atoms with E-state index in [0.29, 0.717) is 11.1 Å². The number of fused-ring (bicyclic) bond motifs is 1. The van der Waals surface area contributed by atoms with Gasteiger partial charge in [0.1, 0.15) is 5.82 Å². The van der Waals surface area contributed by atoms with E-state index in [0.717, 1.165) is 22.2 Å². The Bertz CT molecular complexity index is 1290. The molecule has 0 radical (unpaired) electrons. The van der Waals surface area contributed by atoms with Crippen LogP contribution in [0.4, 0.5) is 4.39 Å². The fraction of sp³-hybridized carbons (Fsp3) is 0.0769. The smallest absolute Gasteiger partial charge is 0.331 e. The first-order valence-electron chi connectivity index (χ1n) is 9.81. The molecule has 0 aliphatic heterocycles. The molecular weight excluding hydrogens is 393 g/mol. The summed E-state index contributed by atoms with van der Waals surface area (Å²) in [7, 11) is 1.91. The summed E-state index contributed by atoms with van der Waals surface area (Å²) in [5, 5.41) is 0.806. The van der Waals surface area contributed by atoms with Crippen LogP contribution in [0, 0.1) is 5.82 Å². The lowest BCUT2D eigenvalue weighted by Gasteiger charge is -2.08. The highest BCUT2D eigenvalue weighted by atomic mass is 19.1. The number of nitrogens with zero attached hydrogens (tertiary/aromatic N) is 1. The number of aromatic nitrogens is 1. The van der Waals surface area contributed by atoms with E-state index in [9.17, 15) is 14.0 Å². The zero-order chi connectivity index (χ0) is 21.8. The Labute approximate surface area is 179 Å². The molecule has 0 fully saturated rings. The zero-order valence-corrected chi connectivity index (χ0v) is 16.9. The lowest BCUT2D eigenvalue weighted by atomic mass is 10.0. The number of hydrogen-bond acceptors (Lipinski definition) is 3. The van der Waals surface area contributed by atoms with Crippen molar-refractivity contribution in [3.8, 4) is 11.3 Å². The van der Waals surface area contributed by atoms with Crippen molar-refractivity contribution in [3.63, 3.8) is 0 Å². The molecule has 5 heteroatoms. The van der Waals surface area contributed by atoms with Gasteiger partial charge in [0.15, 0.2) is 6.61 Å². The first kappa shape index (κ1) is 20.3. The Hall–Kier alpha value is -3.99. The molecule has 0 spiro atoms. The Morgan fingerprint density at radius 1 is 0.968 bits per heavy atom. The van der Waals surface area contributed by atoms with Crippen LogP contribution in [0.25, 0.3) is 28.2 Å². The SMILES string of the molecule is Cn1c(-c2ccccc2)c(C(=O)COC(=O)/C=C/c2cccc(F)c2)c2ccccc21. The highest BCUT2D eigenvalue weighted by molar-refractivity contribution is 6.14. The van der Waals surface area contributed by atoms with Gasteiger partial charge in [0.25, 0.3) is 0 Å².